The van der Waals surface area contributed by atoms with E-state index in [-0.39, 0.29) is 39.6 Å². The Morgan fingerprint density at radius 3 is 2.25 bits per heavy atom. The molecule has 0 aromatic carbocycles. The summed E-state index contributed by atoms with van der Waals surface area (Å²) >= 11 is 0. The van der Waals surface area contributed by atoms with E-state index in [1.54, 1.807) is 0 Å². The molecule has 1 aliphatic rings. The van der Waals surface area contributed by atoms with Gasteiger partial charge in [0.1, 0.15) is 12.2 Å². The lowest BCUT2D eigenvalue weighted by molar-refractivity contribution is -0.286. The summed E-state index contributed by atoms with van der Waals surface area (Å²) in [6.07, 6.45) is -2.44. The van der Waals surface area contributed by atoms with Crippen LogP contribution >= 0.6 is 0 Å². The standard InChI is InChI=1S/C22H20F5N5O3S/c1-3-31-15-8-14(29-10-16(15)32(19(31)33)12-21(23,24)22(25,26)27)18-17(36(34,35)4-2)7-13(9-30-18)20(11-28)5-6-20/h7-10H,3-6,12H2,1-2H3. The van der Waals surface area contributed by atoms with Crippen molar-refractivity contribution >= 4 is 20.9 Å². The zero-order valence-corrected chi connectivity index (χ0v) is 19.9. The van der Waals surface area contributed by atoms with Crippen LogP contribution in [0.25, 0.3) is 22.4 Å². The smallest absolute Gasteiger partial charge is 0.292 e. The van der Waals surface area contributed by atoms with E-state index in [1.807, 2.05) is 0 Å². The predicted octanol–water partition coefficient (Wildman–Crippen LogP) is 3.83. The summed E-state index contributed by atoms with van der Waals surface area (Å²) in [5, 5.41) is 9.48. The van der Waals surface area contributed by atoms with Gasteiger partial charge in [0.05, 0.1) is 45.1 Å². The number of rotatable bonds is 7. The van der Waals surface area contributed by atoms with Gasteiger partial charge in [-0.2, -0.15) is 27.2 Å². The molecule has 14 heteroatoms. The quantitative estimate of drug-likeness (QED) is 0.431. The average Bonchev–Trinajstić information content (AvgIpc) is 3.58. The van der Waals surface area contributed by atoms with E-state index < -0.39 is 39.6 Å². The highest BCUT2D eigenvalue weighted by Crippen LogP contribution is 2.48. The first-order valence-electron chi connectivity index (χ1n) is 10.9. The van der Waals surface area contributed by atoms with Gasteiger partial charge in [-0.25, -0.2) is 13.2 Å². The van der Waals surface area contributed by atoms with Crippen molar-refractivity contribution < 1.29 is 30.4 Å². The van der Waals surface area contributed by atoms with Crippen LogP contribution in [0.1, 0.15) is 32.3 Å². The number of hydrogen-bond acceptors (Lipinski definition) is 6. The van der Waals surface area contributed by atoms with Crippen LogP contribution in [0.4, 0.5) is 22.0 Å². The summed E-state index contributed by atoms with van der Waals surface area (Å²) in [7, 11) is -3.86. The molecule has 1 saturated carbocycles. The number of hydrogen-bond donors (Lipinski definition) is 0. The Kier molecular flexibility index (Phi) is 5.98. The van der Waals surface area contributed by atoms with Crippen LogP contribution in [0.3, 0.4) is 0 Å². The molecular formula is C22H20F5N5O3S. The topological polar surface area (TPSA) is 111 Å². The minimum Gasteiger partial charge on any atom is -0.292 e. The third-order valence-corrected chi connectivity index (χ3v) is 8.06. The molecule has 0 spiro atoms. The van der Waals surface area contributed by atoms with Crippen LogP contribution < -0.4 is 5.69 Å². The monoisotopic (exact) mass is 529 g/mol. The van der Waals surface area contributed by atoms with Gasteiger partial charge >= 0.3 is 17.8 Å². The molecule has 1 aliphatic carbocycles. The maximum absolute atomic E-state index is 13.8. The molecule has 36 heavy (non-hydrogen) atoms. The number of aryl methyl sites for hydroxylation is 1. The molecule has 1 fully saturated rings. The molecule has 0 radical (unpaired) electrons. The van der Waals surface area contributed by atoms with Crippen LogP contribution in [-0.2, 0) is 28.3 Å². The highest BCUT2D eigenvalue weighted by atomic mass is 32.2. The Labute approximate surface area is 201 Å². The van der Waals surface area contributed by atoms with Gasteiger partial charge in [-0.05, 0) is 37.5 Å². The Morgan fingerprint density at radius 1 is 1.06 bits per heavy atom. The molecule has 3 aromatic rings. The normalized spacial score (nSPS) is 15.7. The lowest BCUT2D eigenvalue weighted by Crippen LogP contribution is -2.42. The molecule has 0 atom stereocenters. The third kappa shape index (κ3) is 4.04. The Balaban J connectivity index is 1.91. The van der Waals surface area contributed by atoms with Gasteiger partial charge < -0.3 is 0 Å². The van der Waals surface area contributed by atoms with Gasteiger partial charge in [0.25, 0.3) is 0 Å². The number of aromatic nitrogens is 4. The first-order chi connectivity index (χ1) is 16.7. The van der Waals surface area contributed by atoms with Crippen molar-refractivity contribution in [1.29, 1.82) is 5.26 Å². The van der Waals surface area contributed by atoms with Crippen molar-refractivity contribution in [2.75, 3.05) is 5.75 Å². The summed E-state index contributed by atoms with van der Waals surface area (Å²) in [6, 6.07) is 4.77. The van der Waals surface area contributed by atoms with Crippen molar-refractivity contribution in [1.82, 2.24) is 19.1 Å². The molecule has 0 aliphatic heterocycles. The molecule has 3 heterocycles. The molecule has 0 bridgehead atoms. The van der Waals surface area contributed by atoms with E-state index >= 15 is 0 Å². The van der Waals surface area contributed by atoms with Gasteiger partial charge in [0, 0.05) is 12.7 Å². The number of sulfone groups is 1. The number of pyridine rings is 2. The van der Waals surface area contributed by atoms with Crippen molar-refractivity contribution in [3.05, 3.63) is 40.6 Å². The number of imidazole rings is 1. The van der Waals surface area contributed by atoms with Gasteiger partial charge in [-0.15, -0.1) is 0 Å². The van der Waals surface area contributed by atoms with Crippen LogP contribution in [-0.4, -0.2) is 45.4 Å². The number of nitriles is 1. The highest BCUT2D eigenvalue weighted by Gasteiger charge is 2.58. The van der Waals surface area contributed by atoms with Crippen LogP contribution in [0.2, 0.25) is 0 Å². The zero-order chi connectivity index (χ0) is 26.7. The summed E-state index contributed by atoms with van der Waals surface area (Å²) < 4.78 is 92.9. The Morgan fingerprint density at radius 2 is 1.72 bits per heavy atom. The summed E-state index contributed by atoms with van der Waals surface area (Å²) in [5.41, 5.74) is -1.86. The minimum absolute atomic E-state index is 0.00751. The Hall–Kier alpha value is -3.34. The lowest BCUT2D eigenvalue weighted by atomic mass is 9.99. The van der Waals surface area contributed by atoms with E-state index in [0.29, 0.717) is 23.0 Å². The highest BCUT2D eigenvalue weighted by molar-refractivity contribution is 7.91. The van der Waals surface area contributed by atoms with Crippen LogP contribution in [0.15, 0.2) is 34.2 Å². The minimum atomic E-state index is -5.86. The molecule has 0 saturated heterocycles. The average molecular weight is 529 g/mol. The molecule has 0 N–H and O–H groups in total. The third-order valence-electron chi connectivity index (χ3n) is 6.32. The molecule has 3 aromatic heterocycles. The fraction of sp³-hybridized carbons (Fsp3) is 0.455. The van der Waals surface area contributed by atoms with Crippen molar-refractivity contribution in [3.8, 4) is 17.5 Å². The van der Waals surface area contributed by atoms with Gasteiger partial charge in [-0.1, -0.05) is 6.92 Å². The van der Waals surface area contributed by atoms with E-state index in [1.165, 1.54) is 32.2 Å². The molecular weight excluding hydrogens is 509 g/mol. The van der Waals surface area contributed by atoms with Crippen LogP contribution in [0.5, 0.6) is 0 Å². The predicted molar refractivity (Wildman–Crippen MR) is 118 cm³/mol. The summed E-state index contributed by atoms with van der Waals surface area (Å²) in [6.45, 7) is 0.943. The molecule has 4 rings (SSSR count). The number of halogens is 5. The number of alkyl halides is 5. The fourth-order valence-corrected chi connectivity index (χ4v) is 5.04. The molecule has 8 nitrogen and oxygen atoms in total. The number of nitrogens with zero attached hydrogens (tertiary/aromatic N) is 5. The maximum atomic E-state index is 13.8. The Bertz CT molecular complexity index is 1560. The lowest BCUT2D eigenvalue weighted by Gasteiger charge is -2.19. The maximum Gasteiger partial charge on any atom is 0.455 e. The second-order valence-corrected chi connectivity index (χ2v) is 10.8. The van der Waals surface area contributed by atoms with Gasteiger partial charge in [0.2, 0.25) is 0 Å². The SMILES string of the molecule is CCn1c(=O)n(CC(F)(F)C(F)(F)F)c2cnc(-c3ncc(C4(C#N)CC4)cc3S(=O)(=O)CC)cc21. The van der Waals surface area contributed by atoms with Crippen molar-refractivity contribution in [2.45, 2.75) is 62.2 Å². The van der Waals surface area contributed by atoms with E-state index in [0.717, 1.165) is 10.8 Å². The second-order valence-electron chi connectivity index (χ2n) is 8.54. The number of fused-ring (bicyclic) bond motifs is 1. The molecule has 0 unspecified atom stereocenters. The van der Waals surface area contributed by atoms with E-state index in [2.05, 4.69) is 16.0 Å². The fourth-order valence-electron chi connectivity index (χ4n) is 3.97. The van der Waals surface area contributed by atoms with Crippen LogP contribution in [0, 0.1) is 11.3 Å². The molecule has 0 amide bonds. The largest absolute Gasteiger partial charge is 0.455 e. The second kappa shape index (κ2) is 8.36. The summed E-state index contributed by atoms with van der Waals surface area (Å²) in [4.78, 5) is 20.8. The summed E-state index contributed by atoms with van der Waals surface area (Å²) in [5.74, 6) is -5.45. The first-order valence-corrected chi connectivity index (χ1v) is 12.5. The van der Waals surface area contributed by atoms with E-state index in [4.69, 9.17) is 0 Å². The zero-order valence-electron chi connectivity index (χ0n) is 19.1. The van der Waals surface area contributed by atoms with Gasteiger partial charge in [-0.3, -0.25) is 19.1 Å². The van der Waals surface area contributed by atoms with E-state index in [9.17, 15) is 40.4 Å². The first kappa shape index (κ1) is 25.7. The molecule has 192 valence electrons. The van der Waals surface area contributed by atoms with Crippen molar-refractivity contribution in [2.24, 2.45) is 0 Å². The van der Waals surface area contributed by atoms with Gasteiger partial charge in [0.15, 0.2) is 9.84 Å². The van der Waals surface area contributed by atoms with Crippen molar-refractivity contribution in [3.63, 3.8) is 0 Å².